The van der Waals surface area contributed by atoms with Crippen LogP contribution in [0.15, 0.2) is 39.9 Å². The maximum atomic E-state index is 11.9. The molecule has 1 aromatic carbocycles. The largest absolute Gasteiger partial charge is 0.444 e. The summed E-state index contributed by atoms with van der Waals surface area (Å²) in [5, 5.41) is 6.31. The SMILES string of the molecule is CCNC(=NCc1coc(-c2ccc(C)cc2)n1)NCCN1C(=O)CCCC1=O.I. The molecule has 8 nitrogen and oxygen atoms in total. The maximum absolute atomic E-state index is 11.9. The van der Waals surface area contributed by atoms with E-state index in [-0.39, 0.29) is 35.8 Å². The van der Waals surface area contributed by atoms with Gasteiger partial charge < -0.3 is 15.1 Å². The number of amides is 2. The molecule has 2 N–H and O–H groups in total. The number of likely N-dealkylation sites (tertiary alicyclic amines) is 1. The van der Waals surface area contributed by atoms with E-state index in [1.54, 1.807) is 6.26 Å². The van der Waals surface area contributed by atoms with Crippen molar-refractivity contribution in [2.24, 2.45) is 4.99 Å². The Hall–Kier alpha value is -2.43. The number of oxazole rings is 1. The van der Waals surface area contributed by atoms with Crippen molar-refractivity contribution in [1.29, 1.82) is 0 Å². The number of halogens is 1. The molecular weight excluding hydrogens is 497 g/mol. The van der Waals surface area contributed by atoms with Gasteiger partial charge in [0.15, 0.2) is 5.96 Å². The van der Waals surface area contributed by atoms with E-state index in [9.17, 15) is 9.59 Å². The van der Waals surface area contributed by atoms with Gasteiger partial charge in [0, 0.05) is 38.0 Å². The van der Waals surface area contributed by atoms with Crippen molar-refractivity contribution in [2.45, 2.75) is 39.7 Å². The number of hydrogen-bond acceptors (Lipinski definition) is 5. The first kappa shape index (κ1) is 23.8. The van der Waals surface area contributed by atoms with Gasteiger partial charge in [0.25, 0.3) is 0 Å². The van der Waals surface area contributed by atoms with Crippen LogP contribution >= 0.6 is 24.0 Å². The number of aliphatic imine (C=N–C) groups is 1. The zero-order valence-corrected chi connectivity index (χ0v) is 19.6. The van der Waals surface area contributed by atoms with E-state index in [1.165, 1.54) is 10.5 Å². The van der Waals surface area contributed by atoms with Crippen LogP contribution in [-0.2, 0) is 16.1 Å². The molecule has 162 valence electrons. The highest BCUT2D eigenvalue weighted by molar-refractivity contribution is 14.0. The Kier molecular flexibility index (Phi) is 9.28. The van der Waals surface area contributed by atoms with Crippen molar-refractivity contribution < 1.29 is 14.0 Å². The van der Waals surface area contributed by atoms with Crippen LogP contribution < -0.4 is 10.6 Å². The molecule has 0 atom stereocenters. The van der Waals surface area contributed by atoms with Crippen LogP contribution in [0.4, 0.5) is 0 Å². The predicted octanol–water partition coefficient (Wildman–Crippen LogP) is 2.86. The predicted molar refractivity (Wildman–Crippen MR) is 125 cm³/mol. The van der Waals surface area contributed by atoms with Crippen molar-refractivity contribution in [1.82, 2.24) is 20.5 Å². The molecule has 0 unspecified atom stereocenters. The molecule has 2 heterocycles. The number of carbonyl (C=O) groups excluding carboxylic acids is 2. The number of rotatable bonds is 7. The summed E-state index contributed by atoms with van der Waals surface area (Å²) >= 11 is 0. The highest BCUT2D eigenvalue weighted by atomic mass is 127. The van der Waals surface area contributed by atoms with E-state index >= 15 is 0 Å². The van der Waals surface area contributed by atoms with Gasteiger partial charge in [0.2, 0.25) is 17.7 Å². The summed E-state index contributed by atoms with van der Waals surface area (Å²) in [6.45, 7) is 5.83. The first-order chi connectivity index (χ1) is 14.1. The van der Waals surface area contributed by atoms with E-state index in [0.29, 0.717) is 57.3 Å². The second-order valence-corrected chi connectivity index (χ2v) is 6.92. The van der Waals surface area contributed by atoms with E-state index in [1.807, 2.05) is 38.1 Å². The quantitative estimate of drug-likeness (QED) is 0.250. The summed E-state index contributed by atoms with van der Waals surface area (Å²) in [5.41, 5.74) is 2.82. The molecule has 0 saturated carbocycles. The smallest absolute Gasteiger partial charge is 0.229 e. The van der Waals surface area contributed by atoms with Crippen molar-refractivity contribution in [2.75, 3.05) is 19.6 Å². The van der Waals surface area contributed by atoms with Crippen molar-refractivity contribution in [3.63, 3.8) is 0 Å². The Morgan fingerprint density at radius 1 is 1.17 bits per heavy atom. The molecule has 2 amide bonds. The molecule has 1 aliphatic heterocycles. The normalized spacial score (nSPS) is 14.5. The fraction of sp³-hybridized carbons (Fsp3) is 0.429. The molecule has 0 spiro atoms. The van der Waals surface area contributed by atoms with Crippen molar-refractivity contribution >= 4 is 41.8 Å². The highest BCUT2D eigenvalue weighted by Gasteiger charge is 2.25. The van der Waals surface area contributed by atoms with E-state index in [0.717, 1.165) is 11.3 Å². The number of aromatic nitrogens is 1. The van der Waals surface area contributed by atoms with Gasteiger partial charge in [-0.1, -0.05) is 17.7 Å². The van der Waals surface area contributed by atoms with Gasteiger partial charge in [-0.2, -0.15) is 0 Å². The molecule has 0 aliphatic carbocycles. The number of piperidine rings is 1. The fourth-order valence-corrected chi connectivity index (χ4v) is 3.05. The highest BCUT2D eigenvalue weighted by Crippen LogP contribution is 2.19. The lowest BCUT2D eigenvalue weighted by Crippen LogP contribution is -2.46. The first-order valence-corrected chi connectivity index (χ1v) is 9.93. The number of carbonyl (C=O) groups is 2. The van der Waals surface area contributed by atoms with Gasteiger partial charge >= 0.3 is 0 Å². The summed E-state index contributed by atoms with van der Waals surface area (Å²) in [4.78, 5) is 34.1. The van der Waals surface area contributed by atoms with E-state index in [4.69, 9.17) is 4.42 Å². The molecular formula is C21H28IN5O3. The number of guanidine groups is 1. The lowest BCUT2D eigenvalue weighted by Gasteiger charge is -2.25. The standard InChI is InChI=1S/C21H27N5O3.HI/c1-3-22-21(23-11-12-26-18(27)5-4-6-19(26)28)24-13-17-14-29-20(25-17)16-9-7-15(2)8-10-16;/h7-10,14H,3-6,11-13H2,1-2H3,(H2,22,23,24);1H. The average Bonchev–Trinajstić information content (AvgIpc) is 3.18. The monoisotopic (exact) mass is 525 g/mol. The molecule has 0 radical (unpaired) electrons. The van der Waals surface area contributed by atoms with Crippen molar-refractivity contribution in [3.8, 4) is 11.5 Å². The van der Waals surface area contributed by atoms with Gasteiger partial charge in [-0.3, -0.25) is 14.5 Å². The second kappa shape index (κ2) is 11.7. The zero-order valence-electron chi connectivity index (χ0n) is 17.3. The molecule has 2 aromatic rings. The number of hydrogen-bond donors (Lipinski definition) is 2. The van der Waals surface area contributed by atoms with Crippen LogP contribution in [0.1, 0.15) is 37.4 Å². The van der Waals surface area contributed by atoms with Gasteiger partial charge in [-0.25, -0.2) is 9.98 Å². The van der Waals surface area contributed by atoms with Crippen LogP contribution in [-0.4, -0.2) is 47.3 Å². The topological polar surface area (TPSA) is 99.8 Å². The Balaban J connectivity index is 0.00000320. The molecule has 1 fully saturated rings. The van der Waals surface area contributed by atoms with Crippen LogP contribution in [0, 0.1) is 6.92 Å². The molecule has 1 saturated heterocycles. The Bertz CT molecular complexity index is 863. The zero-order chi connectivity index (χ0) is 20.6. The lowest BCUT2D eigenvalue weighted by atomic mass is 10.1. The van der Waals surface area contributed by atoms with Gasteiger partial charge in [0.1, 0.15) is 12.0 Å². The molecule has 3 rings (SSSR count). The van der Waals surface area contributed by atoms with Crippen molar-refractivity contribution in [3.05, 3.63) is 41.8 Å². The summed E-state index contributed by atoms with van der Waals surface area (Å²) in [5.74, 6) is 0.965. The van der Waals surface area contributed by atoms with Crippen LogP contribution in [0.5, 0.6) is 0 Å². The lowest BCUT2D eigenvalue weighted by molar-refractivity contribution is -0.147. The van der Waals surface area contributed by atoms with Gasteiger partial charge in [0.05, 0.1) is 6.54 Å². The molecule has 1 aromatic heterocycles. The van der Waals surface area contributed by atoms with Gasteiger partial charge in [-0.15, -0.1) is 24.0 Å². The molecule has 30 heavy (non-hydrogen) atoms. The molecule has 0 bridgehead atoms. The number of aryl methyl sites for hydroxylation is 1. The summed E-state index contributed by atoms with van der Waals surface area (Å²) < 4.78 is 5.56. The molecule has 1 aliphatic rings. The first-order valence-electron chi connectivity index (χ1n) is 9.93. The summed E-state index contributed by atoms with van der Waals surface area (Å²) in [6.07, 6.45) is 3.13. The third-order valence-corrected chi connectivity index (χ3v) is 4.60. The second-order valence-electron chi connectivity index (χ2n) is 6.92. The summed E-state index contributed by atoms with van der Waals surface area (Å²) in [6, 6.07) is 7.98. The number of nitrogens with one attached hydrogen (secondary N) is 2. The fourth-order valence-electron chi connectivity index (χ4n) is 3.05. The Morgan fingerprint density at radius 2 is 1.87 bits per heavy atom. The van der Waals surface area contributed by atoms with Crippen LogP contribution in [0.25, 0.3) is 11.5 Å². The van der Waals surface area contributed by atoms with E-state index in [2.05, 4.69) is 20.6 Å². The Labute approximate surface area is 193 Å². The minimum atomic E-state index is -0.101. The minimum Gasteiger partial charge on any atom is -0.444 e. The number of benzene rings is 1. The number of nitrogens with zero attached hydrogens (tertiary/aromatic N) is 3. The van der Waals surface area contributed by atoms with Gasteiger partial charge in [-0.05, 0) is 32.4 Å². The molecule has 9 heteroatoms. The minimum absolute atomic E-state index is 0. The maximum Gasteiger partial charge on any atom is 0.229 e. The van der Waals surface area contributed by atoms with Crippen LogP contribution in [0.2, 0.25) is 0 Å². The van der Waals surface area contributed by atoms with Crippen LogP contribution in [0.3, 0.4) is 0 Å². The third kappa shape index (κ3) is 6.54. The number of imide groups is 1. The Morgan fingerprint density at radius 3 is 2.53 bits per heavy atom. The average molecular weight is 525 g/mol. The third-order valence-electron chi connectivity index (χ3n) is 4.60. The summed E-state index contributed by atoms with van der Waals surface area (Å²) in [7, 11) is 0. The van der Waals surface area contributed by atoms with E-state index < -0.39 is 0 Å².